The first-order valence-electron chi connectivity index (χ1n) is 9.27. The Kier molecular flexibility index (Phi) is 6.17. The van der Waals surface area contributed by atoms with Gasteiger partial charge >= 0.3 is 6.03 Å². The number of anilines is 1. The lowest BCUT2D eigenvalue weighted by molar-refractivity contribution is 0.182. The van der Waals surface area contributed by atoms with E-state index in [1.165, 1.54) is 24.3 Å². The molecule has 1 heterocycles. The standard InChI is InChI=1S/C21H22ClFN4O2/c1-12(2)11-27(21(29)24-16-7-5-15(23)6-8-16)13(3)19-17-9-4-14(22)10-18(17)20(28)26-25-19/h4-10,12-13H,11H2,1-3H3,(H,24,29)(H,26,28)/t13-/m0/s1. The van der Waals surface area contributed by atoms with Gasteiger partial charge in [-0.1, -0.05) is 31.5 Å². The van der Waals surface area contributed by atoms with Gasteiger partial charge in [-0.15, -0.1) is 0 Å². The van der Waals surface area contributed by atoms with Crippen LogP contribution in [0.1, 0.15) is 32.5 Å². The second-order valence-electron chi connectivity index (χ2n) is 7.29. The minimum absolute atomic E-state index is 0.194. The van der Waals surface area contributed by atoms with Crippen molar-refractivity contribution >= 4 is 34.1 Å². The van der Waals surface area contributed by atoms with Crippen LogP contribution in [0.2, 0.25) is 5.02 Å². The number of aromatic amines is 1. The quantitative estimate of drug-likeness (QED) is 0.616. The molecule has 3 aromatic rings. The fourth-order valence-electron chi connectivity index (χ4n) is 3.16. The van der Waals surface area contributed by atoms with Crippen LogP contribution in [0.25, 0.3) is 10.8 Å². The Labute approximate surface area is 172 Å². The number of hydrogen-bond donors (Lipinski definition) is 2. The second-order valence-corrected chi connectivity index (χ2v) is 7.72. The number of rotatable bonds is 5. The van der Waals surface area contributed by atoms with Crippen LogP contribution in [0.5, 0.6) is 0 Å². The van der Waals surface area contributed by atoms with Crippen LogP contribution >= 0.6 is 11.6 Å². The molecular formula is C21H22ClFN4O2. The molecule has 0 spiro atoms. The highest BCUT2D eigenvalue weighted by atomic mass is 35.5. The van der Waals surface area contributed by atoms with Crippen molar-refractivity contribution in [3.8, 4) is 0 Å². The molecule has 0 aliphatic rings. The first-order valence-corrected chi connectivity index (χ1v) is 9.65. The number of aromatic nitrogens is 2. The normalized spacial score (nSPS) is 12.2. The third-order valence-electron chi connectivity index (χ3n) is 4.56. The van der Waals surface area contributed by atoms with Gasteiger partial charge in [0.2, 0.25) is 0 Å². The van der Waals surface area contributed by atoms with Crippen LogP contribution in [-0.4, -0.2) is 27.7 Å². The molecule has 8 heteroatoms. The zero-order chi connectivity index (χ0) is 21.1. The zero-order valence-electron chi connectivity index (χ0n) is 16.4. The lowest BCUT2D eigenvalue weighted by Gasteiger charge is -2.31. The molecule has 0 aliphatic carbocycles. The van der Waals surface area contributed by atoms with Gasteiger partial charge in [0.1, 0.15) is 5.82 Å². The van der Waals surface area contributed by atoms with Crippen LogP contribution in [0.4, 0.5) is 14.9 Å². The number of urea groups is 1. The van der Waals surface area contributed by atoms with Crippen molar-refractivity contribution in [1.29, 1.82) is 0 Å². The first-order chi connectivity index (χ1) is 13.8. The summed E-state index contributed by atoms with van der Waals surface area (Å²) < 4.78 is 13.1. The lowest BCUT2D eigenvalue weighted by Crippen LogP contribution is -2.40. The number of H-pyrrole nitrogens is 1. The molecule has 0 unspecified atom stereocenters. The fraction of sp³-hybridized carbons (Fsp3) is 0.286. The maximum Gasteiger partial charge on any atom is 0.322 e. The second kappa shape index (κ2) is 8.61. The van der Waals surface area contributed by atoms with Crippen LogP contribution in [0.3, 0.4) is 0 Å². The van der Waals surface area contributed by atoms with E-state index < -0.39 is 6.04 Å². The topological polar surface area (TPSA) is 78.1 Å². The summed E-state index contributed by atoms with van der Waals surface area (Å²) in [5.41, 5.74) is 0.708. The first kappa shape index (κ1) is 20.8. The maximum absolute atomic E-state index is 13.1. The minimum atomic E-state index is -0.432. The van der Waals surface area contributed by atoms with Gasteiger partial charge in [0.25, 0.3) is 5.56 Å². The predicted octanol–water partition coefficient (Wildman–Crippen LogP) is 4.97. The molecular weight excluding hydrogens is 395 g/mol. The third kappa shape index (κ3) is 4.74. The molecule has 0 radical (unpaired) electrons. The molecule has 0 fully saturated rings. The van der Waals surface area contributed by atoms with Crippen molar-refractivity contribution in [2.24, 2.45) is 5.92 Å². The highest BCUT2D eigenvalue weighted by Crippen LogP contribution is 2.27. The summed E-state index contributed by atoms with van der Waals surface area (Å²) in [4.78, 5) is 26.8. The number of fused-ring (bicyclic) bond motifs is 1. The van der Waals surface area contributed by atoms with Crippen LogP contribution in [-0.2, 0) is 0 Å². The molecule has 6 nitrogen and oxygen atoms in total. The number of benzene rings is 2. The Morgan fingerprint density at radius 2 is 1.86 bits per heavy atom. The Morgan fingerprint density at radius 3 is 2.52 bits per heavy atom. The van der Waals surface area contributed by atoms with E-state index in [1.807, 2.05) is 20.8 Å². The van der Waals surface area contributed by atoms with Gasteiger partial charge in [-0.3, -0.25) is 4.79 Å². The highest BCUT2D eigenvalue weighted by Gasteiger charge is 2.26. The molecule has 29 heavy (non-hydrogen) atoms. The number of nitrogens with zero attached hydrogens (tertiary/aromatic N) is 2. The number of nitrogens with one attached hydrogen (secondary N) is 2. The molecule has 0 saturated heterocycles. The number of carbonyl (C=O) groups is 1. The Balaban J connectivity index is 1.97. The van der Waals surface area contributed by atoms with Crippen molar-refractivity contribution in [3.63, 3.8) is 0 Å². The van der Waals surface area contributed by atoms with Crippen LogP contribution < -0.4 is 10.9 Å². The summed E-state index contributed by atoms with van der Waals surface area (Å²) in [5, 5.41) is 11.0. The summed E-state index contributed by atoms with van der Waals surface area (Å²) in [6.07, 6.45) is 0. The molecule has 152 valence electrons. The van der Waals surface area contributed by atoms with E-state index in [2.05, 4.69) is 15.5 Å². The third-order valence-corrected chi connectivity index (χ3v) is 4.80. The van der Waals surface area contributed by atoms with E-state index >= 15 is 0 Å². The molecule has 0 bridgehead atoms. The van der Waals surface area contributed by atoms with Gasteiger partial charge in [-0.05, 0) is 49.2 Å². The van der Waals surface area contributed by atoms with Gasteiger partial charge in [0, 0.05) is 22.6 Å². The van der Waals surface area contributed by atoms with Crippen molar-refractivity contribution in [3.05, 3.63) is 69.4 Å². The maximum atomic E-state index is 13.1. The van der Waals surface area contributed by atoms with Crippen molar-refractivity contribution < 1.29 is 9.18 Å². The molecule has 3 rings (SSSR count). The van der Waals surface area contributed by atoms with Crippen molar-refractivity contribution in [2.75, 3.05) is 11.9 Å². The molecule has 2 amide bonds. The Bertz CT molecular complexity index is 1080. The average Bonchev–Trinajstić information content (AvgIpc) is 2.68. The number of halogens is 2. The van der Waals surface area contributed by atoms with E-state index in [4.69, 9.17) is 11.6 Å². The smallest absolute Gasteiger partial charge is 0.316 e. The van der Waals surface area contributed by atoms with Crippen LogP contribution in [0, 0.1) is 11.7 Å². The number of carbonyl (C=O) groups excluding carboxylic acids is 1. The number of amides is 2. The summed E-state index contributed by atoms with van der Waals surface area (Å²) in [7, 11) is 0. The monoisotopic (exact) mass is 416 g/mol. The molecule has 2 N–H and O–H groups in total. The van der Waals surface area contributed by atoms with E-state index in [1.54, 1.807) is 23.1 Å². The average molecular weight is 417 g/mol. The highest BCUT2D eigenvalue weighted by molar-refractivity contribution is 6.31. The molecule has 2 aromatic carbocycles. The molecule has 1 aromatic heterocycles. The van der Waals surface area contributed by atoms with Crippen LogP contribution in [0.15, 0.2) is 47.3 Å². The Morgan fingerprint density at radius 1 is 1.17 bits per heavy atom. The number of hydrogen-bond acceptors (Lipinski definition) is 3. The van der Waals surface area contributed by atoms with Crippen molar-refractivity contribution in [2.45, 2.75) is 26.8 Å². The van der Waals surface area contributed by atoms with Gasteiger partial charge in [0.15, 0.2) is 0 Å². The summed E-state index contributed by atoms with van der Waals surface area (Å²) in [6, 6.07) is 9.80. The lowest BCUT2D eigenvalue weighted by atomic mass is 10.0. The van der Waals surface area contributed by atoms with Gasteiger partial charge in [-0.25, -0.2) is 14.3 Å². The van der Waals surface area contributed by atoms with Gasteiger partial charge in [0.05, 0.1) is 17.1 Å². The van der Waals surface area contributed by atoms with Gasteiger partial charge < -0.3 is 10.2 Å². The Hall–Kier alpha value is -2.93. The van der Waals surface area contributed by atoms with E-state index in [9.17, 15) is 14.0 Å². The van der Waals surface area contributed by atoms with Gasteiger partial charge in [-0.2, -0.15) is 5.10 Å². The van der Waals surface area contributed by atoms with E-state index in [0.717, 1.165) is 0 Å². The molecule has 0 saturated carbocycles. The predicted molar refractivity (Wildman–Crippen MR) is 113 cm³/mol. The summed E-state index contributed by atoms with van der Waals surface area (Å²) >= 11 is 6.03. The largest absolute Gasteiger partial charge is 0.322 e. The van der Waals surface area contributed by atoms with E-state index in [0.29, 0.717) is 33.7 Å². The summed E-state index contributed by atoms with van der Waals surface area (Å²) in [5.74, 6) is -0.183. The minimum Gasteiger partial charge on any atom is -0.316 e. The zero-order valence-corrected chi connectivity index (χ0v) is 17.1. The summed E-state index contributed by atoms with van der Waals surface area (Å²) in [6.45, 7) is 6.32. The van der Waals surface area contributed by atoms with Crippen molar-refractivity contribution in [1.82, 2.24) is 15.1 Å². The molecule has 1 atom stereocenters. The van der Waals surface area contributed by atoms with E-state index in [-0.39, 0.29) is 23.3 Å². The SMILES string of the molecule is CC(C)CN(C(=O)Nc1ccc(F)cc1)[C@@H](C)c1n[nH]c(=O)c2cc(Cl)ccc12. The fourth-order valence-corrected chi connectivity index (χ4v) is 3.34. The molecule has 0 aliphatic heterocycles.